The van der Waals surface area contributed by atoms with Crippen molar-refractivity contribution in [2.75, 3.05) is 49.3 Å². The highest BCUT2D eigenvalue weighted by Crippen LogP contribution is 2.44. The fourth-order valence-electron chi connectivity index (χ4n) is 4.18. The smallest absolute Gasteiger partial charge is 0.0621 e. The Labute approximate surface area is 218 Å². The Morgan fingerprint density at radius 1 is 0.457 bits per heavy atom. The number of unbranched alkanes of at least 4 members (excludes halogenated alkanes) is 4. The van der Waals surface area contributed by atoms with Crippen LogP contribution in [0, 0.1) is 45.3 Å². The first-order chi connectivity index (χ1) is 17.2. The Hall–Kier alpha value is -1.53. The highest BCUT2D eigenvalue weighted by molar-refractivity contribution is 7.65. The van der Waals surface area contributed by atoms with E-state index < -0.39 is 0 Å². The van der Waals surface area contributed by atoms with Gasteiger partial charge in [-0.2, -0.15) is 21.0 Å². The molecule has 4 nitrogen and oxygen atoms in total. The summed E-state index contributed by atoms with van der Waals surface area (Å²) in [5.41, 5.74) is 0. The van der Waals surface area contributed by atoms with E-state index in [0.717, 1.165) is 25.7 Å². The lowest BCUT2D eigenvalue weighted by Crippen LogP contribution is -2.09. The number of benzene rings is 1. The molecule has 1 aromatic carbocycles. The minimum absolute atomic E-state index is 0.0654. The standard InChI is InChI=1S/C28H41N4P3/c29-16-4-8-20-33(21-9-5-17-30)24-12-26-35(28-14-2-1-3-15-28)27-13-25-34(22-10-6-18-31)23-11-7-19-32/h1-3,14-15H,4-13,20-27H2. The first-order valence-corrected chi connectivity index (χ1v) is 18.5. The molecule has 1 aromatic rings. The summed E-state index contributed by atoms with van der Waals surface area (Å²) in [6.07, 6.45) is 18.9. The summed E-state index contributed by atoms with van der Waals surface area (Å²) in [5, 5.41) is 37.1. The van der Waals surface area contributed by atoms with Gasteiger partial charge in [-0.15, -0.1) is 15.8 Å². The summed E-state index contributed by atoms with van der Waals surface area (Å²) < 4.78 is 0. The zero-order valence-corrected chi connectivity index (χ0v) is 23.9. The van der Waals surface area contributed by atoms with Gasteiger partial charge in [-0.3, -0.25) is 0 Å². The zero-order chi connectivity index (χ0) is 25.4. The van der Waals surface area contributed by atoms with Crippen molar-refractivity contribution in [1.82, 2.24) is 0 Å². The van der Waals surface area contributed by atoms with Crippen molar-refractivity contribution in [3.63, 3.8) is 0 Å². The molecule has 7 heteroatoms. The molecule has 0 N–H and O–H groups in total. The fourth-order valence-corrected chi connectivity index (χ4v) is 12.1. The van der Waals surface area contributed by atoms with E-state index in [4.69, 9.17) is 21.0 Å². The van der Waals surface area contributed by atoms with E-state index >= 15 is 0 Å². The van der Waals surface area contributed by atoms with E-state index in [1.165, 1.54) is 67.4 Å². The summed E-state index contributed by atoms with van der Waals surface area (Å²) >= 11 is 0. The van der Waals surface area contributed by atoms with Gasteiger partial charge in [0.1, 0.15) is 0 Å². The van der Waals surface area contributed by atoms with Crippen molar-refractivity contribution in [2.24, 2.45) is 0 Å². The van der Waals surface area contributed by atoms with Gasteiger partial charge in [0.15, 0.2) is 0 Å². The topological polar surface area (TPSA) is 95.2 Å². The molecule has 1 rings (SSSR count). The maximum Gasteiger partial charge on any atom is 0.0621 e. The molecular weight excluding hydrogens is 485 g/mol. The van der Waals surface area contributed by atoms with Gasteiger partial charge in [0.05, 0.1) is 24.3 Å². The van der Waals surface area contributed by atoms with Crippen molar-refractivity contribution >= 4 is 29.1 Å². The number of hydrogen-bond donors (Lipinski definition) is 0. The van der Waals surface area contributed by atoms with Crippen LogP contribution in [0.2, 0.25) is 0 Å². The lowest BCUT2D eigenvalue weighted by atomic mass is 10.4. The Bertz CT molecular complexity index is 730. The first-order valence-electron chi connectivity index (χ1n) is 13.0. The normalized spacial score (nSPS) is 10.7. The monoisotopic (exact) mass is 526 g/mol. The average molecular weight is 527 g/mol. The van der Waals surface area contributed by atoms with Gasteiger partial charge in [0, 0.05) is 25.7 Å². The highest BCUT2D eigenvalue weighted by Gasteiger charge is 2.15. The van der Waals surface area contributed by atoms with Gasteiger partial charge in [0.25, 0.3) is 0 Å². The summed E-state index contributed by atoms with van der Waals surface area (Å²) in [6.45, 7) is 0. The maximum absolute atomic E-state index is 8.90. The number of hydrogen-bond acceptors (Lipinski definition) is 4. The molecule has 35 heavy (non-hydrogen) atoms. The molecule has 0 amide bonds. The Morgan fingerprint density at radius 3 is 1.14 bits per heavy atom. The number of nitrogens with zero attached hydrogens (tertiary/aromatic N) is 4. The molecule has 188 valence electrons. The second-order valence-electron chi connectivity index (χ2n) is 8.76. The third-order valence-electron chi connectivity index (χ3n) is 5.98. The molecular formula is C28H41N4P3. The van der Waals surface area contributed by atoms with E-state index in [1.54, 1.807) is 0 Å². The van der Waals surface area contributed by atoms with Crippen LogP contribution in [0.3, 0.4) is 0 Å². The molecule has 0 spiro atoms. The van der Waals surface area contributed by atoms with E-state index in [0.29, 0.717) is 25.7 Å². The van der Waals surface area contributed by atoms with Crippen molar-refractivity contribution in [2.45, 2.75) is 64.2 Å². The summed E-state index contributed by atoms with van der Waals surface area (Å²) in [7, 11) is -0.300. The third-order valence-corrected chi connectivity index (χ3v) is 14.4. The van der Waals surface area contributed by atoms with E-state index in [1.807, 2.05) is 0 Å². The van der Waals surface area contributed by atoms with Gasteiger partial charge in [0.2, 0.25) is 0 Å². The summed E-state index contributed by atoms with van der Waals surface area (Å²) in [4.78, 5) is 0. The lowest BCUT2D eigenvalue weighted by Gasteiger charge is -2.23. The van der Waals surface area contributed by atoms with Crippen LogP contribution in [0.25, 0.3) is 0 Å². The average Bonchev–Trinajstić information content (AvgIpc) is 2.88. The Balaban J connectivity index is 2.62. The van der Waals surface area contributed by atoms with Crippen molar-refractivity contribution in [3.8, 4) is 24.3 Å². The van der Waals surface area contributed by atoms with E-state index in [-0.39, 0.29) is 23.8 Å². The van der Waals surface area contributed by atoms with Crippen LogP contribution in [0.15, 0.2) is 30.3 Å². The molecule has 0 heterocycles. The Morgan fingerprint density at radius 2 is 0.800 bits per heavy atom. The van der Waals surface area contributed by atoms with Gasteiger partial charge in [-0.1, -0.05) is 38.3 Å². The van der Waals surface area contributed by atoms with Crippen LogP contribution in [0.5, 0.6) is 0 Å². The molecule has 0 bridgehead atoms. The van der Waals surface area contributed by atoms with Crippen molar-refractivity contribution in [1.29, 1.82) is 21.0 Å². The van der Waals surface area contributed by atoms with E-state index in [9.17, 15) is 0 Å². The minimum Gasteiger partial charge on any atom is -0.198 e. The molecule has 0 fully saturated rings. The van der Waals surface area contributed by atoms with Crippen molar-refractivity contribution < 1.29 is 0 Å². The molecule has 0 saturated carbocycles. The van der Waals surface area contributed by atoms with Crippen LogP contribution in [0.4, 0.5) is 0 Å². The van der Waals surface area contributed by atoms with Crippen LogP contribution >= 0.6 is 23.8 Å². The second-order valence-corrected chi connectivity index (χ2v) is 16.6. The second kappa shape index (κ2) is 22.9. The molecule has 0 aliphatic heterocycles. The van der Waals surface area contributed by atoms with Crippen LogP contribution in [-0.4, -0.2) is 49.3 Å². The molecule has 0 unspecified atom stereocenters. The van der Waals surface area contributed by atoms with E-state index in [2.05, 4.69) is 54.6 Å². The fraction of sp³-hybridized carbons (Fsp3) is 0.643. The molecule has 0 aliphatic rings. The zero-order valence-electron chi connectivity index (χ0n) is 21.2. The summed E-state index contributed by atoms with van der Waals surface area (Å²) in [6, 6.07) is 20.2. The predicted octanol–water partition coefficient (Wildman–Crippen LogP) is 7.75. The molecule has 0 aromatic heterocycles. The van der Waals surface area contributed by atoms with Gasteiger partial charge in [-0.25, -0.2) is 0 Å². The molecule has 0 radical (unpaired) electrons. The molecule has 0 atom stereocenters. The molecule has 0 saturated heterocycles. The Kier molecular flexibility index (Phi) is 20.6. The predicted molar refractivity (Wildman–Crippen MR) is 154 cm³/mol. The van der Waals surface area contributed by atoms with Crippen molar-refractivity contribution in [3.05, 3.63) is 30.3 Å². The van der Waals surface area contributed by atoms with Crippen LogP contribution in [-0.2, 0) is 0 Å². The lowest BCUT2D eigenvalue weighted by molar-refractivity contribution is 0.932. The maximum atomic E-state index is 8.90. The van der Waals surface area contributed by atoms with Gasteiger partial charge >= 0.3 is 0 Å². The quantitative estimate of drug-likeness (QED) is 0.121. The van der Waals surface area contributed by atoms with Gasteiger partial charge < -0.3 is 0 Å². The first kappa shape index (κ1) is 31.5. The SMILES string of the molecule is N#CCCCP(CCCC#N)CCCP(CCCP(CCCC#N)CCCC#N)c1ccccc1. The summed E-state index contributed by atoms with van der Waals surface area (Å²) in [5.74, 6) is 0. The minimum atomic E-state index is -0.170. The molecule has 0 aliphatic carbocycles. The largest absolute Gasteiger partial charge is 0.198 e. The third kappa shape index (κ3) is 16.7. The number of nitriles is 4. The highest BCUT2D eigenvalue weighted by atomic mass is 31.1. The van der Waals surface area contributed by atoms with Gasteiger partial charge in [-0.05, 0) is 93.1 Å². The van der Waals surface area contributed by atoms with Crippen LogP contribution < -0.4 is 5.30 Å². The number of rotatable bonds is 21. The van der Waals surface area contributed by atoms with Crippen LogP contribution in [0.1, 0.15) is 64.2 Å².